The zero-order valence-electron chi connectivity index (χ0n) is 10.3. The largest absolute Gasteiger partial charge is 0.380 e. The molecule has 2 rings (SSSR count). The highest BCUT2D eigenvalue weighted by Gasteiger charge is 2.27. The summed E-state index contributed by atoms with van der Waals surface area (Å²) in [6.07, 6.45) is 1.21. The smallest absolute Gasteiger partial charge is 0.123 e. The average molecular weight is 238 g/mol. The number of hydrogen-bond donors (Lipinski definition) is 1. The molecule has 1 aromatic carbocycles. The molecule has 1 fully saturated rings. The van der Waals surface area contributed by atoms with Crippen LogP contribution in [0.2, 0.25) is 0 Å². The van der Waals surface area contributed by atoms with Gasteiger partial charge in [0.05, 0.1) is 12.1 Å². The number of rotatable bonds is 3. The Morgan fingerprint density at radius 1 is 1.35 bits per heavy atom. The van der Waals surface area contributed by atoms with E-state index >= 15 is 0 Å². The molecule has 0 saturated carbocycles. The summed E-state index contributed by atoms with van der Waals surface area (Å²) in [6.45, 7) is 1.98. The van der Waals surface area contributed by atoms with Gasteiger partial charge in [-0.2, -0.15) is 0 Å². The van der Waals surface area contributed by atoms with Gasteiger partial charge in [-0.15, -0.1) is 0 Å². The van der Waals surface area contributed by atoms with Gasteiger partial charge < -0.3 is 15.0 Å². The first-order chi connectivity index (χ1) is 8.19. The highest BCUT2D eigenvalue weighted by Crippen LogP contribution is 2.18. The predicted octanol–water partition coefficient (Wildman–Crippen LogP) is 1.96. The first-order valence-electron chi connectivity index (χ1n) is 5.92. The third-order valence-corrected chi connectivity index (χ3v) is 3.26. The van der Waals surface area contributed by atoms with Crippen LogP contribution in [0.4, 0.5) is 10.1 Å². The van der Waals surface area contributed by atoms with E-state index in [4.69, 9.17) is 4.74 Å². The van der Waals surface area contributed by atoms with Gasteiger partial charge in [0.25, 0.3) is 0 Å². The Hall–Kier alpha value is -1.13. The Morgan fingerprint density at radius 3 is 2.71 bits per heavy atom. The van der Waals surface area contributed by atoms with Crippen LogP contribution in [0.15, 0.2) is 24.3 Å². The van der Waals surface area contributed by atoms with Crippen LogP contribution in [-0.4, -0.2) is 44.3 Å². The third kappa shape index (κ3) is 3.17. The first-order valence-corrected chi connectivity index (χ1v) is 5.92. The van der Waals surface area contributed by atoms with E-state index < -0.39 is 0 Å². The normalized spacial score (nSPS) is 25.8. The Labute approximate surface area is 102 Å². The molecule has 0 aromatic heterocycles. The molecule has 0 aliphatic carbocycles. The van der Waals surface area contributed by atoms with Crippen LogP contribution in [0.3, 0.4) is 0 Å². The van der Waals surface area contributed by atoms with E-state index in [1.54, 1.807) is 19.2 Å². The van der Waals surface area contributed by atoms with Gasteiger partial charge in [-0.1, -0.05) is 0 Å². The number of piperidine rings is 1. The van der Waals surface area contributed by atoms with E-state index in [9.17, 15) is 4.39 Å². The summed E-state index contributed by atoms with van der Waals surface area (Å²) in [5, 5.41) is 3.41. The van der Waals surface area contributed by atoms with Crippen LogP contribution in [0, 0.1) is 5.82 Å². The fourth-order valence-electron chi connectivity index (χ4n) is 2.24. The number of benzene rings is 1. The number of likely N-dealkylation sites (tertiary alicyclic amines) is 1. The molecule has 2 atom stereocenters. The van der Waals surface area contributed by atoms with Crippen molar-refractivity contribution in [3.8, 4) is 0 Å². The lowest BCUT2D eigenvalue weighted by atomic mass is 10.0. The van der Waals surface area contributed by atoms with Gasteiger partial charge in [-0.05, 0) is 44.3 Å². The van der Waals surface area contributed by atoms with Crippen molar-refractivity contribution in [2.24, 2.45) is 0 Å². The summed E-state index contributed by atoms with van der Waals surface area (Å²) in [6, 6.07) is 6.76. The minimum atomic E-state index is -0.206. The van der Waals surface area contributed by atoms with Gasteiger partial charge >= 0.3 is 0 Å². The predicted molar refractivity (Wildman–Crippen MR) is 66.7 cm³/mol. The fourth-order valence-corrected chi connectivity index (χ4v) is 2.24. The van der Waals surface area contributed by atoms with E-state index in [1.165, 1.54) is 12.1 Å². The lowest BCUT2D eigenvalue weighted by molar-refractivity contribution is 0.0312. The molecule has 0 radical (unpaired) electrons. The molecule has 0 unspecified atom stereocenters. The maximum absolute atomic E-state index is 12.8. The molecule has 4 heteroatoms. The molecule has 1 aromatic rings. The van der Waals surface area contributed by atoms with E-state index in [2.05, 4.69) is 17.3 Å². The van der Waals surface area contributed by atoms with Crippen molar-refractivity contribution in [1.82, 2.24) is 4.90 Å². The monoisotopic (exact) mass is 238 g/mol. The minimum absolute atomic E-state index is 0.179. The Kier molecular flexibility index (Phi) is 3.97. The van der Waals surface area contributed by atoms with Crippen molar-refractivity contribution in [2.45, 2.75) is 18.6 Å². The van der Waals surface area contributed by atoms with Crippen LogP contribution < -0.4 is 5.32 Å². The number of halogens is 1. The zero-order chi connectivity index (χ0) is 12.3. The van der Waals surface area contributed by atoms with Crippen LogP contribution in [0.1, 0.15) is 6.42 Å². The van der Waals surface area contributed by atoms with Crippen LogP contribution in [-0.2, 0) is 4.74 Å². The zero-order valence-corrected chi connectivity index (χ0v) is 10.3. The molecule has 94 valence electrons. The van der Waals surface area contributed by atoms with Gasteiger partial charge in [-0.25, -0.2) is 4.39 Å². The summed E-state index contributed by atoms with van der Waals surface area (Å²) in [5.74, 6) is -0.206. The molecular formula is C13H19FN2O. The molecule has 17 heavy (non-hydrogen) atoms. The van der Waals surface area contributed by atoms with Crippen molar-refractivity contribution < 1.29 is 9.13 Å². The second kappa shape index (κ2) is 5.47. The van der Waals surface area contributed by atoms with Crippen LogP contribution in [0.25, 0.3) is 0 Å². The van der Waals surface area contributed by atoms with E-state index in [-0.39, 0.29) is 11.9 Å². The first kappa shape index (κ1) is 12.3. The molecule has 0 spiro atoms. The van der Waals surface area contributed by atoms with E-state index in [1.807, 2.05) is 0 Å². The quantitative estimate of drug-likeness (QED) is 0.871. The van der Waals surface area contributed by atoms with Crippen molar-refractivity contribution in [1.29, 1.82) is 0 Å². The molecule has 1 saturated heterocycles. The molecule has 1 N–H and O–H groups in total. The summed E-state index contributed by atoms with van der Waals surface area (Å²) in [7, 11) is 3.84. The lowest BCUT2D eigenvalue weighted by Gasteiger charge is -2.36. The van der Waals surface area contributed by atoms with Crippen molar-refractivity contribution >= 4 is 5.69 Å². The number of nitrogens with one attached hydrogen (secondary N) is 1. The number of hydrogen-bond acceptors (Lipinski definition) is 3. The van der Waals surface area contributed by atoms with Gasteiger partial charge in [0.2, 0.25) is 0 Å². The fraction of sp³-hybridized carbons (Fsp3) is 0.538. The molecule has 1 heterocycles. The second-order valence-corrected chi connectivity index (χ2v) is 4.58. The Bertz CT molecular complexity index is 355. The number of methoxy groups -OCH3 is 1. The summed E-state index contributed by atoms with van der Waals surface area (Å²) < 4.78 is 18.3. The highest BCUT2D eigenvalue weighted by atomic mass is 19.1. The van der Waals surface area contributed by atoms with Crippen LogP contribution in [0.5, 0.6) is 0 Å². The average Bonchev–Trinajstić information content (AvgIpc) is 2.34. The molecule has 0 bridgehead atoms. The van der Waals surface area contributed by atoms with Gasteiger partial charge in [0.1, 0.15) is 5.82 Å². The number of anilines is 1. The number of ether oxygens (including phenoxy) is 1. The third-order valence-electron chi connectivity index (χ3n) is 3.26. The maximum atomic E-state index is 12.8. The number of nitrogens with zero attached hydrogens (tertiary/aromatic N) is 1. The number of likely N-dealkylation sites (N-methyl/N-ethyl adjacent to an activating group) is 1. The Balaban J connectivity index is 1.99. The molecule has 1 aliphatic heterocycles. The lowest BCUT2D eigenvalue weighted by Crippen LogP contribution is -2.49. The second-order valence-electron chi connectivity index (χ2n) is 4.58. The maximum Gasteiger partial charge on any atom is 0.123 e. The topological polar surface area (TPSA) is 24.5 Å². The van der Waals surface area contributed by atoms with E-state index in [0.29, 0.717) is 6.04 Å². The highest BCUT2D eigenvalue weighted by molar-refractivity contribution is 5.44. The summed E-state index contributed by atoms with van der Waals surface area (Å²) in [5.41, 5.74) is 0.947. The van der Waals surface area contributed by atoms with Gasteiger partial charge in [0.15, 0.2) is 0 Å². The van der Waals surface area contributed by atoms with Crippen molar-refractivity contribution in [3.63, 3.8) is 0 Å². The molecule has 1 aliphatic rings. The van der Waals surface area contributed by atoms with Crippen molar-refractivity contribution in [2.75, 3.05) is 32.6 Å². The standard InChI is InChI=1S/C13H19FN2O/c1-16-8-7-12(13(9-16)17-2)15-11-5-3-10(14)4-6-11/h3-6,12-13,15H,7-9H2,1-2H3/t12-,13+/m1/s1. The molecule has 3 nitrogen and oxygen atoms in total. The molecule has 0 amide bonds. The summed E-state index contributed by atoms with van der Waals surface area (Å²) >= 11 is 0. The van der Waals surface area contributed by atoms with Gasteiger partial charge in [0, 0.05) is 19.3 Å². The minimum Gasteiger partial charge on any atom is -0.380 e. The SMILES string of the molecule is CO[C@H]1CN(C)CC[C@H]1Nc1ccc(F)cc1. The summed E-state index contributed by atoms with van der Waals surface area (Å²) in [4.78, 5) is 2.26. The van der Waals surface area contributed by atoms with E-state index in [0.717, 1.165) is 25.2 Å². The van der Waals surface area contributed by atoms with Crippen LogP contribution >= 0.6 is 0 Å². The Morgan fingerprint density at radius 2 is 2.06 bits per heavy atom. The molecular weight excluding hydrogens is 219 g/mol. The van der Waals surface area contributed by atoms with Gasteiger partial charge in [-0.3, -0.25) is 0 Å². The van der Waals surface area contributed by atoms with Crippen molar-refractivity contribution in [3.05, 3.63) is 30.1 Å².